The molecule has 1 aromatic carbocycles. The summed E-state index contributed by atoms with van der Waals surface area (Å²) in [5.41, 5.74) is 0.672. The number of carbonyl (C=O) groups excluding carboxylic acids is 3. The molecule has 3 heterocycles. The van der Waals surface area contributed by atoms with E-state index in [1.165, 1.54) is 34.7 Å². The van der Waals surface area contributed by atoms with Crippen LogP contribution in [-0.2, 0) is 9.59 Å². The van der Waals surface area contributed by atoms with Gasteiger partial charge in [-0.25, -0.2) is 9.79 Å². The molecule has 0 saturated heterocycles. The summed E-state index contributed by atoms with van der Waals surface area (Å²) in [5, 5.41) is 5.17. The van der Waals surface area contributed by atoms with Crippen LogP contribution in [0.1, 0.15) is 4.88 Å². The molecule has 11 heteroatoms. The Kier molecular flexibility index (Phi) is 6.17. The van der Waals surface area contributed by atoms with Crippen LogP contribution < -0.4 is 5.32 Å². The monoisotopic (exact) mass is 518 g/mol. The molecule has 0 fully saturated rings. The maximum absolute atomic E-state index is 12.9. The third-order valence-corrected chi connectivity index (χ3v) is 7.08. The van der Waals surface area contributed by atoms with Gasteiger partial charge >= 0.3 is 11.9 Å². The number of amidine groups is 2. The number of imide groups is 1. The predicted octanol–water partition coefficient (Wildman–Crippen LogP) is 3.29. The lowest BCUT2D eigenvalue weighted by molar-refractivity contribution is -0.407. The molecule has 0 saturated carbocycles. The Morgan fingerprint density at radius 2 is 2.00 bits per heavy atom. The summed E-state index contributed by atoms with van der Waals surface area (Å²) in [6, 6.07) is 10.5. The summed E-state index contributed by atoms with van der Waals surface area (Å²) < 4.78 is 2.27. The number of hydrogen-bond acceptors (Lipinski definition) is 7. The molecule has 0 radical (unpaired) electrons. The van der Waals surface area contributed by atoms with Gasteiger partial charge < -0.3 is 5.32 Å². The Morgan fingerprint density at radius 1 is 1.26 bits per heavy atom. The first-order valence-corrected chi connectivity index (χ1v) is 11.8. The normalized spacial score (nSPS) is 18.5. The van der Waals surface area contributed by atoms with E-state index in [0.29, 0.717) is 22.4 Å². The fraction of sp³-hybridized carbons (Fsp3) is 0.200. The third kappa shape index (κ3) is 4.39. The fourth-order valence-electron chi connectivity index (χ4n) is 3.07. The summed E-state index contributed by atoms with van der Waals surface area (Å²) in [4.78, 5) is 48.7. The van der Waals surface area contributed by atoms with E-state index in [0.717, 1.165) is 14.2 Å². The van der Waals surface area contributed by atoms with Gasteiger partial charge in [-0.2, -0.15) is 9.48 Å². The highest BCUT2D eigenvalue weighted by Crippen LogP contribution is 2.27. The minimum atomic E-state index is -0.818. The van der Waals surface area contributed by atoms with Crippen LogP contribution in [0.5, 0.6) is 0 Å². The van der Waals surface area contributed by atoms with Gasteiger partial charge in [0.25, 0.3) is 5.84 Å². The molecular weight excluding hydrogens is 502 g/mol. The summed E-state index contributed by atoms with van der Waals surface area (Å²) >= 11 is 5.99. The maximum Gasteiger partial charge on any atom is 0.445 e. The number of aliphatic imine (C=N–C) groups is 2. The zero-order chi connectivity index (χ0) is 22.1. The molecule has 1 unspecified atom stereocenters. The van der Waals surface area contributed by atoms with Crippen molar-refractivity contribution in [3.8, 4) is 0 Å². The van der Waals surface area contributed by atoms with Crippen molar-refractivity contribution < 1.29 is 19.0 Å². The van der Waals surface area contributed by atoms with Gasteiger partial charge in [-0.05, 0) is 35.7 Å². The van der Waals surface area contributed by atoms with Crippen LogP contribution in [0.4, 0.5) is 10.5 Å². The number of amides is 4. The van der Waals surface area contributed by atoms with E-state index in [9.17, 15) is 14.4 Å². The molecule has 8 nitrogen and oxygen atoms in total. The first kappa shape index (κ1) is 21.6. The summed E-state index contributed by atoms with van der Waals surface area (Å²) in [5.74, 6) is -0.645. The minimum absolute atomic E-state index is 0.0606. The average Bonchev–Trinajstić information content (AvgIpc) is 3.31. The third-order valence-electron chi connectivity index (χ3n) is 4.66. The van der Waals surface area contributed by atoms with Crippen molar-refractivity contribution in [1.29, 1.82) is 0 Å². The molecule has 0 bridgehead atoms. The van der Waals surface area contributed by atoms with Crippen LogP contribution in [-0.4, -0.2) is 63.9 Å². The van der Waals surface area contributed by atoms with Crippen LogP contribution in [0.25, 0.3) is 0 Å². The molecule has 1 N–H and O–H groups in total. The SMILES string of the molecule is CN1C(=O)C2C(SCC(=O)Nc3ccc(Br)cc3)=NC(c3cccs3)=NC2=[N+](C)C1=O. The van der Waals surface area contributed by atoms with E-state index in [1.54, 1.807) is 19.2 Å². The Bertz CT molecular complexity index is 1160. The number of rotatable bonds is 4. The standard InChI is InChI=1S/C20H16BrN5O3S2/c1-25-17-15(19(28)26(2)20(25)29)18(24-16(23-17)13-4-3-9-30-13)31-10-14(27)22-12-7-5-11(21)6-8-12/h3-9,15H,10H2,1-2H3/p+1. The van der Waals surface area contributed by atoms with Crippen molar-refractivity contribution in [2.24, 2.45) is 15.9 Å². The molecule has 1 aromatic heterocycles. The van der Waals surface area contributed by atoms with E-state index in [-0.39, 0.29) is 11.7 Å². The van der Waals surface area contributed by atoms with Crippen LogP contribution in [0, 0.1) is 5.92 Å². The molecule has 0 spiro atoms. The number of anilines is 1. The summed E-state index contributed by atoms with van der Waals surface area (Å²) in [7, 11) is 3.01. The first-order valence-electron chi connectivity index (χ1n) is 9.16. The smallest absolute Gasteiger partial charge is 0.325 e. The van der Waals surface area contributed by atoms with Crippen molar-refractivity contribution in [3.05, 3.63) is 51.1 Å². The van der Waals surface area contributed by atoms with E-state index in [2.05, 4.69) is 31.2 Å². The minimum Gasteiger partial charge on any atom is -0.325 e. The number of thioether (sulfide) groups is 1. The van der Waals surface area contributed by atoms with E-state index in [4.69, 9.17) is 0 Å². The van der Waals surface area contributed by atoms with Gasteiger partial charge in [0.15, 0.2) is 5.92 Å². The quantitative estimate of drug-likeness (QED) is 0.628. The summed E-state index contributed by atoms with van der Waals surface area (Å²) in [6.07, 6.45) is 0. The molecule has 2 aliphatic heterocycles. The molecule has 2 aliphatic rings. The highest BCUT2D eigenvalue weighted by Gasteiger charge is 2.49. The van der Waals surface area contributed by atoms with Crippen LogP contribution in [0.15, 0.2) is 56.2 Å². The summed E-state index contributed by atoms with van der Waals surface area (Å²) in [6.45, 7) is 0. The van der Waals surface area contributed by atoms with Gasteiger partial charge in [0.1, 0.15) is 5.04 Å². The molecule has 158 valence electrons. The number of nitrogens with one attached hydrogen (secondary N) is 1. The Labute approximate surface area is 194 Å². The number of benzene rings is 1. The Hall–Kier alpha value is -2.63. The van der Waals surface area contributed by atoms with Gasteiger partial charge in [-0.15, -0.1) is 11.3 Å². The van der Waals surface area contributed by atoms with Crippen LogP contribution in [0.3, 0.4) is 0 Å². The lowest BCUT2D eigenvalue weighted by Gasteiger charge is -2.26. The van der Waals surface area contributed by atoms with E-state index >= 15 is 0 Å². The highest BCUT2D eigenvalue weighted by molar-refractivity contribution is 9.10. The molecule has 4 amide bonds. The second-order valence-electron chi connectivity index (χ2n) is 6.74. The fourth-order valence-corrected chi connectivity index (χ4v) is 4.87. The van der Waals surface area contributed by atoms with Gasteiger partial charge in [-0.3, -0.25) is 9.59 Å². The Morgan fingerprint density at radius 3 is 2.68 bits per heavy atom. The van der Waals surface area contributed by atoms with E-state index in [1.807, 2.05) is 29.6 Å². The zero-order valence-corrected chi connectivity index (χ0v) is 19.8. The molecule has 1 atom stereocenters. The van der Waals surface area contributed by atoms with Gasteiger partial charge in [0.05, 0.1) is 24.7 Å². The number of urea groups is 1. The van der Waals surface area contributed by atoms with Gasteiger partial charge in [0, 0.05) is 10.2 Å². The number of thiophene rings is 1. The lowest BCUT2D eigenvalue weighted by atomic mass is 10.0. The van der Waals surface area contributed by atoms with Gasteiger partial charge in [-0.1, -0.05) is 38.8 Å². The molecule has 0 aliphatic carbocycles. The second kappa shape index (κ2) is 8.85. The predicted molar refractivity (Wildman–Crippen MR) is 126 cm³/mol. The Balaban J connectivity index is 1.60. The number of fused-ring (bicyclic) bond motifs is 1. The average molecular weight is 519 g/mol. The van der Waals surface area contributed by atoms with Crippen molar-refractivity contribution in [3.63, 3.8) is 0 Å². The highest BCUT2D eigenvalue weighted by atomic mass is 79.9. The zero-order valence-electron chi connectivity index (χ0n) is 16.5. The second-order valence-corrected chi connectivity index (χ2v) is 9.60. The van der Waals surface area contributed by atoms with Crippen LogP contribution in [0.2, 0.25) is 0 Å². The molecule has 2 aromatic rings. The largest absolute Gasteiger partial charge is 0.445 e. The number of halogens is 1. The molecule has 4 rings (SSSR count). The number of carbonyl (C=O) groups is 3. The van der Waals surface area contributed by atoms with Crippen molar-refractivity contribution in [2.75, 3.05) is 25.2 Å². The van der Waals surface area contributed by atoms with E-state index < -0.39 is 17.9 Å². The van der Waals surface area contributed by atoms with Crippen molar-refractivity contribution in [1.82, 2.24) is 4.90 Å². The maximum atomic E-state index is 12.9. The number of nitrogens with zero attached hydrogens (tertiary/aromatic N) is 4. The number of hydrogen-bond donors (Lipinski definition) is 1. The van der Waals surface area contributed by atoms with Crippen molar-refractivity contribution in [2.45, 2.75) is 0 Å². The van der Waals surface area contributed by atoms with Gasteiger partial charge in [0.2, 0.25) is 11.7 Å². The topological polar surface area (TPSA) is 94.2 Å². The molecular formula is C20H17BrN5O3S2+. The lowest BCUT2D eigenvalue weighted by Crippen LogP contribution is -2.54. The van der Waals surface area contributed by atoms with Crippen LogP contribution >= 0.6 is 39.0 Å². The molecule has 31 heavy (non-hydrogen) atoms. The van der Waals surface area contributed by atoms with Crippen molar-refractivity contribution >= 4 is 79.3 Å². The first-order chi connectivity index (χ1) is 14.8.